The minimum atomic E-state index is -4.66. The average molecular weight is 407 g/mol. The molecular weight excluding hydrogens is 396 g/mol. The van der Waals surface area contributed by atoms with Crippen molar-refractivity contribution in [3.05, 3.63) is 45.0 Å². The van der Waals surface area contributed by atoms with Crippen LogP contribution in [0.4, 0.5) is 5.00 Å². The lowest BCUT2D eigenvalue weighted by atomic mass is 10.2. The first kappa shape index (κ1) is 16.9. The highest BCUT2D eigenvalue weighted by Crippen LogP contribution is 2.32. The van der Waals surface area contributed by atoms with Gasteiger partial charge < -0.3 is 5.11 Å². The average Bonchev–Trinajstić information content (AvgIpc) is 2.78. The van der Waals surface area contributed by atoms with Crippen LogP contribution in [0.15, 0.2) is 28.7 Å². The van der Waals surface area contributed by atoms with E-state index in [9.17, 15) is 17.8 Å². The van der Waals surface area contributed by atoms with Gasteiger partial charge in [-0.05, 0) is 18.6 Å². The smallest absolute Gasteiger partial charge is 0.360 e. The maximum absolute atomic E-state index is 11.7. The van der Waals surface area contributed by atoms with E-state index in [0.717, 1.165) is 11.3 Å². The molecule has 1 heterocycles. The quantitative estimate of drug-likeness (QED) is 0.738. The summed E-state index contributed by atoms with van der Waals surface area (Å²) in [6.07, 6.45) is 0. The van der Waals surface area contributed by atoms with Gasteiger partial charge in [-0.15, -0.1) is 0 Å². The molecule has 0 saturated heterocycles. The van der Waals surface area contributed by atoms with Gasteiger partial charge in [-0.2, -0.15) is 8.42 Å². The predicted octanol–water partition coefficient (Wildman–Crippen LogP) is 2.72. The molecular formula is C12H11BrN2O5S2. The van der Waals surface area contributed by atoms with Crippen LogP contribution in [-0.2, 0) is 16.8 Å². The first-order valence-corrected chi connectivity index (χ1v) is 8.90. The van der Waals surface area contributed by atoms with Crippen molar-refractivity contribution in [2.45, 2.75) is 13.5 Å². The number of benzene rings is 1. The normalized spacial score (nSPS) is 11.4. The first-order valence-electron chi connectivity index (χ1n) is 5.89. The molecule has 2 aromatic rings. The summed E-state index contributed by atoms with van der Waals surface area (Å²) in [6, 6.07) is 6.84. The molecule has 0 spiro atoms. The lowest BCUT2D eigenvalue weighted by Gasteiger charge is -2.20. The number of halogens is 1. The van der Waals surface area contributed by atoms with Gasteiger partial charge >= 0.3 is 16.3 Å². The van der Waals surface area contributed by atoms with Crippen LogP contribution in [-0.4, -0.2) is 29.0 Å². The molecule has 0 aliphatic heterocycles. The van der Waals surface area contributed by atoms with Gasteiger partial charge in [0.1, 0.15) is 5.00 Å². The van der Waals surface area contributed by atoms with Crippen LogP contribution < -0.4 is 4.31 Å². The van der Waals surface area contributed by atoms with E-state index < -0.39 is 22.0 Å². The molecule has 0 fully saturated rings. The first-order chi connectivity index (χ1) is 10.2. The lowest BCUT2D eigenvalue weighted by molar-refractivity contribution is 0.0692. The van der Waals surface area contributed by atoms with Gasteiger partial charge in [0, 0.05) is 4.47 Å². The van der Waals surface area contributed by atoms with E-state index >= 15 is 0 Å². The highest BCUT2D eigenvalue weighted by molar-refractivity contribution is 9.10. The van der Waals surface area contributed by atoms with Gasteiger partial charge in [0.25, 0.3) is 0 Å². The van der Waals surface area contributed by atoms with E-state index in [1.54, 1.807) is 31.2 Å². The largest absolute Gasteiger partial charge is 0.476 e. The molecule has 0 aliphatic rings. The summed E-state index contributed by atoms with van der Waals surface area (Å²) >= 11 is 4.17. The van der Waals surface area contributed by atoms with Crippen LogP contribution in [0, 0.1) is 6.92 Å². The molecule has 0 saturated carbocycles. The second-order valence-electron chi connectivity index (χ2n) is 4.27. The summed E-state index contributed by atoms with van der Waals surface area (Å²) in [5, 5.41) is 9.39. The van der Waals surface area contributed by atoms with E-state index in [4.69, 9.17) is 5.11 Å². The third-order valence-corrected chi connectivity index (χ3v) is 5.45. The molecule has 2 rings (SSSR count). The zero-order valence-electron chi connectivity index (χ0n) is 11.2. The molecule has 0 unspecified atom stereocenters. The summed E-state index contributed by atoms with van der Waals surface area (Å²) in [5.41, 5.74) is 0.162. The molecule has 7 nitrogen and oxygen atoms in total. The number of hydrogen-bond acceptors (Lipinski definition) is 5. The molecule has 10 heteroatoms. The van der Waals surface area contributed by atoms with Gasteiger partial charge in [-0.3, -0.25) is 4.55 Å². The Kier molecular flexibility index (Phi) is 4.85. The second-order valence-corrected chi connectivity index (χ2v) is 7.64. The number of carboxylic acids is 1. The molecule has 0 bridgehead atoms. The number of hydrogen-bond donors (Lipinski definition) is 2. The summed E-state index contributed by atoms with van der Waals surface area (Å²) in [7, 11) is -4.66. The molecule has 118 valence electrons. The molecule has 22 heavy (non-hydrogen) atoms. The number of aromatic carboxylic acids is 1. The molecule has 0 aliphatic carbocycles. The van der Waals surface area contributed by atoms with Crippen LogP contribution in [0.1, 0.15) is 21.1 Å². The second kappa shape index (κ2) is 6.32. The van der Waals surface area contributed by atoms with E-state index in [-0.39, 0.29) is 11.5 Å². The van der Waals surface area contributed by atoms with E-state index in [1.807, 2.05) is 0 Å². The Morgan fingerprint density at radius 2 is 2.05 bits per heavy atom. The maximum atomic E-state index is 11.7. The van der Waals surface area contributed by atoms with Crippen molar-refractivity contribution in [1.82, 2.24) is 4.98 Å². The number of thiazole rings is 1. The Morgan fingerprint density at radius 1 is 1.41 bits per heavy atom. The van der Waals surface area contributed by atoms with Crippen molar-refractivity contribution in [1.29, 1.82) is 0 Å². The highest BCUT2D eigenvalue weighted by atomic mass is 79.9. The highest BCUT2D eigenvalue weighted by Gasteiger charge is 2.29. The fourth-order valence-corrected chi connectivity index (χ4v) is 3.98. The number of nitrogens with zero attached hydrogens (tertiary/aromatic N) is 2. The van der Waals surface area contributed by atoms with Gasteiger partial charge in [0.15, 0.2) is 5.69 Å². The van der Waals surface area contributed by atoms with Gasteiger partial charge in [0.2, 0.25) is 0 Å². The summed E-state index contributed by atoms with van der Waals surface area (Å²) in [6.45, 7) is 1.34. The van der Waals surface area contributed by atoms with Crippen LogP contribution in [0.5, 0.6) is 0 Å². The summed E-state index contributed by atoms with van der Waals surface area (Å²) in [5.74, 6) is -1.36. The summed E-state index contributed by atoms with van der Waals surface area (Å²) in [4.78, 5) is 15.0. The molecule has 1 aromatic carbocycles. The third kappa shape index (κ3) is 3.64. The van der Waals surface area contributed by atoms with Gasteiger partial charge in [0.05, 0.1) is 11.6 Å². The molecule has 1 aromatic heterocycles. The summed E-state index contributed by atoms with van der Waals surface area (Å²) < 4.78 is 34.1. The number of carbonyl (C=O) groups is 1. The van der Waals surface area contributed by atoms with Crippen LogP contribution in [0.25, 0.3) is 0 Å². The van der Waals surface area contributed by atoms with Gasteiger partial charge in [-0.25, -0.2) is 14.1 Å². The third-order valence-electron chi connectivity index (χ3n) is 2.70. The van der Waals surface area contributed by atoms with Crippen molar-refractivity contribution in [3.8, 4) is 0 Å². The Labute approximate surface area is 139 Å². The van der Waals surface area contributed by atoms with Crippen molar-refractivity contribution in [3.63, 3.8) is 0 Å². The monoisotopic (exact) mass is 406 g/mol. The Morgan fingerprint density at radius 3 is 2.59 bits per heavy atom. The van der Waals surface area contributed by atoms with E-state index in [2.05, 4.69) is 20.9 Å². The van der Waals surface area contributed by atoms with Crippen LogP contribution in [0.3, 0.4) is 0 Å². The minimum absolute atomic E-state index is 0.136. The predicted molar refractivity (Wildman–Crippen MR) is 85.7 cm³/mol. The van der Waals surface area contributed by atoms with Crippen molar-refractivity contribution < 1.29 is 22.9 Å². The fourth-order valence-electron chi connectivity index (χ4n) is 1.76. The zero-order chi connectivity index (χ0) is 16.5. The number of aryl methyl sites for hydroxylation is 1. The Hall–Kier alpha value is -1.49. The number of anilines is 1. The van der Waals surface area contributed by atoms with E-state index in [0.29, 0.717) is 19.3 Å². The minimum Gasteiger partial charge on any atom is -0.476 e. The number of rotatable bonds is 5. The Bertz CT molecular complexity index is 819. The van der Waals surface area contributed by atoms with Crippen LogP contribution >= 0.6 is 27.3 Å². The molecule has 2 N–H and O–H groups in total. The standard InChI is InChI=1S/C12H11BrN2O5S2/c1-7-14-10(12(16)17)11(21-7)15(22(18,19)20)6-8-4-2-3-5-9(8)13/h2-5H,6H2,1H3,(H,16,17)(H,18,19,20). The number of carboxylic acid groups (broad SMARTS) is 1. The number of aromatic nitrogens is 1. The maximum Gasteiger partial charge on any atom is 0.360 e. The Balaban J connectivity index is 2.54. The zero-order valence-corrected chi connectivity index (χ0v) is 14.4. The van der Waals surface area contributed by atoms with Crippen LogP contribution in [0.2, 0.25) is 0 Å². The lowest BCUT2D eigenvalue weighted by Crippen LogP contribution is -2.30. The fraction of sp³-hybridized carbons (Fsp3) is 0.167. The van der Waals surface area contributed by atoms with Gasteiger partial charge in [-0.1, -0.05) is 45.5 Å². The topological polar surface area (TPSA) is 108 Å². The van der Waals surface area contributed by atoms with Crippen molar-refractivity contribution >= 4 is 48.5 Å². The molecule has 0 amide bonds. The molecule has 0 radical (unpaired) electrons. The van der Waals surface area contributed by atoms with Crippen molar-refractivity contribution in [2.75, 3.05) is 4.31 Å². The van der Waals surface area contributed by atoms with Crippen molar-refractivity contribution in [2.24, 2.45) is 0 Å². The SMILES string of the molecule is Cc1nc(C(=O)O)c(N(Cc2ccccc2Br)S(=O)(=O)O)s1. The van der Waals surface area contributed by atoms with E-state index in [1.165, 1.54) is 0 Å². The molecule has 0 atom stereocenters.